The Kier molecular flexibility index (Phi) is 7.06. The summed E-state index contributed by atoms with van der Waals surface area (Å²) in [6.07, 6.45) is 1.01. The summed E-state index contributed by atoms with van der Waals surface area (Å²) in [4.78, 5) is 12.0. The van der Waals surface area contributed by atoms with E-state index in [4.69, 9.17) is 9.47 Å². The molecule has 6 nitrogen and oxygen atoms in total. The summed E-state index contributed by atoms with van der Waals surface area (Å²) in [5.41, 5.74) is 0. The van der Waals surface area contributed by atoms with Gasteiger partial charge in [-0.3, -0.25) is 4.79 Å². The Labute approximate surface area is 151 Å². The van der Waals surface area contributed by atoms with Crippen LogP contribution in [0.4, 0.5) is 0 Å². The summed E-state index contributed by atoms with van der Waals surface area (Å²) in [5.74, 6) is 0.298. The van der Waals surface area contributed by atoms with Crippen LogP contribution in [0.25, 0.3) is 0 Å². The Balaban J connectivity index is 1.67. The van der Waals surface area contributed by atoms with Crippen molar-refractivity contribution in [2.24, 2.45) is 5.92 Å². The Morgan fingerprint density at radius 1 is 1.21 bits per heavy atom. The number of rotatable bonds is 7. The lowest BCUT2D eigenvalue weighted by atomic mass is 9.98. The van der Waals surface area contributed by atoms with Crippen LogP contribution in [0.5, 0.6) is 5.75 Å². The summed E-state index contributed by atoms with van der Waals surface area (Å²) in [6.45, 7) is 2.86. The van der Waals surface area contributed by atoms with Gasteiger partial charge in [0, 0.05) is 17.6 Å². The Morgan fingerprint density at radius 2 is 1.83 bits per heavy atom. The smallest absolute Gasteiger partial charge is 0.309 e. The molecule has 0 N–H and O–H groups in total. The number of esters is 1. The number of benzene rings is 1. The number of sulfonamides is 1. The van der Waals surface area contributed by atoms with Crippen LogP contribution in [0.1, 0.15) is 19.8 Å². The lowest BCUT2D eigenvalue weighted by Gasteiger charge is -2.29. The zero-order valence-electron chi connectivity index (χ0n) is 13.6. The Hall–Kier alpha value is -1.12. The summed E-state index contributed by atoms with van der Waals surface area (Å²) in [6, 6.07) is 7.41. The van der Waals surface area contributed by atoms with E-state index in [1.807, 2.05) is 24.3 Å². The largest absolute Gasteiger partial charge is 0.490 e. The maximum atomic E-state index is 12.0. The van der Waals surface area contributed by atoms with Crippen molar-refractivity contribution in [1.82, 2.24) is 4.31 Å². The molecule has 24 heavy (non-hydrogen) atoms. The lowest BCUT2D eigenvalue weighted by molar-refractivity contribution is -0.150. The first kappa shape index (κ1) is 19.2. The average Bonchev–Trinajstić information content (AvgIpc) is 2.60. The van der Waals surface area contributed by atoms with Crippen LogP contribution in [-0.2, 0) is 19.6 Å². The SMILES string of the molecule is CCS(=O)(=O)N1CCC(C(=O)OCCOc2ccc(Br)cc2)CC1. The van der Waals surface area contributed by atoms with Gasteiger partial charge in [-0.1, -0.05) is 15.9 Å². The van der Waals surface area contributed by atoms with Gasteiger partial charge in [0.25, 0.3) is 0 Å². The number of piperidine rings is 1. The minimum Gasteiger partial charge on any atom is -0.490 e. The van der Waals surface area contributed by atoms with Gasteiger partial charge < -0.3 is 9.47 Å². The molecule has 134 valence electrons. The topological polar surface area (TPSA) is 72.9 Å². The quantitative estimate of drug-likeness (QED) is 0.501. The molecule has 1 fully saturated rings. The fourth-order valence-electron chi connectivity index (χ4n) is 2.50. The summed E-state index contributed by atoms with van der Waals surface area (Å²) in [5, 5.41) is 0. The molecule has 0 bridgehead atoms. The zero-order valence-corrected chi connectivity index (χ0v) is 16.0. The molecule has 1 heterocycles. The van der Waals surface area contributed by atoms with Crippen LogP contribution in [0.2, 0.25) is 0 Å². The van der Waals surface area contributed by atoms with E-state index in [2.05, 4.69) is 15.9 Å². The highest BCUT2D eigenvalue weighted by Gasteiger charge is 2.30. The predicted octanol–water partition coefficient (Wildman–Crippen LogP) is 2.43. The van der Waals surface area contributed by atoms with Crippen LogP contribution in [0.15, 0.2) is 28.7 Å². The molecule has 0 amide bonds. The minimum atomic E-state index is -3.17. The molecule has 0 unspecified atom stereocenters. The Bertz CT molecular complexity index is 639. The molecule has 2 rings (SSSR count). The molecule has 0 spiro atoms. The molecule has 1 saturated heterocycles. The maximum Gasteiger partial charge on any atom is 0.309 e. The number of ether oxygens (including phenoxy) is 2. The van der Waals surface area contributed by atoms with Crippen molar-refractivity contribution >= 4 is 31.9 Å². The van der Waals surface area contributed by atoms with E-state index in [9.17, 15) is 13.2 Å². The number of hydrogen-bond acceptors (Lipinski definition) is 5. The number of carbonyl (C=O) groups is 1. The molecule has 0 saturated carbocycles. The number of nitrogens with zero attached hydrogens (tertiary/aromatic N) is 1. The van der Waals surface area contributed by atoms with Crippen LogP contribution in [-0.4, -0.2) is 50.7 Å². The molecule has 1 aliphatic heterocycles. The third kappa shape index (κ3) is 5.46. The zero-order chi connectivity index (χ0) is 17.6. The highest BCUT2D eigenvalue weighted by atomic mass is 79.9. The molecule has 0 aromatic heterocycles. The minimum absolute atomic E-state index is 0.0928. The van der Waals surface area contributed by atoms with Crippen LogP contribution < -0.4 is 4.74 Å². The molecule has 0 atom stereocenters. The van der Waals surface area contributed by atoms with Crippen LogP contribution in [0.3, 0.4) is 0 Å². The number of hydrogen-bond donors (Lipinski definition) is 0. The monoisotopic (exact) mass is 419 g/mol. The van der Waals surface area contributed by atoms with Crippen molar-refractivity contribution in [2.45, 2.75) is 19.8 Å². The van der Waals surface area contributed by atoms with Gasteiger partial charge in [0.05, 0.1) is 11.7 Å². The molecule has 1 aliphatic rings. The molecule has 1 aromatic rings. The first-order valence-electron chi connectivity index (χ1n) is 7.95. The van der Waals surface area contributed by atoms with E-state index in [0.29, 0.717) is 31.7 Å². The third-order valence-electron chi connectivity index (χ3n) is 3.96. The third-order valence-corrected chi connectivity index (χ3v) is 6.37. The summed E-state index contributed by atoms with van der Waals surface area (Å²) < 4.78 is 36.7. The van der Waals surface area contributed by atoms with E-state index < -0.39 is 10.0 Å². The van der Waals surface area contributed by atoms with Gasteiger partial charge >= 0.3 is 5.97 Å². The molecule has 8 heteroatoms. The van der Waals surface area contributed by atoms with Crippen LogP contribution >= 0.6 is 15.9 Å². The van der Waals surface area contributed by atoms with Crippen molar-refractivity contribution < 1.29 is 22.7 Å². The van der Waals surface area contributed by atoms with Crippen molar-refractivity contribution in [3.05, 3.63) is 28.7 Å². The van der Waals surface area contributed by atoms with Gasteiger partial charge in [-0.05, 0) is 44.0 Å². The highest BCUT2D eigenvalue weighted by molar-refractivity contribution is 9.10. The van der Waals surface area contributed by atoms with E-state index in [0.717, 1.165) is 4.47 Å². The molecule has 0 aliphatic carbocycles. The van der Waals surface area contributed by atoms with Crippen molar-refractivity contribution in [3.8, 4) is 5.75 Å². The normalized spacial score (nSPS) is 16.8. The summed E-state index contributed by atoms with van der Waals surface area (Å²) in [7, 11) is -3.17. The summed E-state index contributed by atoms with van der Waals surface area (Å²) >= 11 is 3.35. The molecular weight excluding hydrogens is 398 g/mol. The fraction of sp³-hybridized carbons (Fsp3) is 0.562. The predicted molar refractivity (Wildman–Crippen MR) is 94.4 cm³/mol. The van der Waals surface area contributed by atoms with Gasteiger partial charge in [-0.15, -0.1) is 0 Å². The maximum absolute atomic E-state index is 12.0. The average molecular weight is 420 g/mol. The van der Waals surface area contributed by atoms with Gasteiger partial charge in [-0.2, -0.15) is 0 Å². The second-order valence-corrected chi connectivity index (χ2v) is 8.72. The van der Waals surface area contributed by atoms with E-state index in [1.165, 1.54) is 4.31 Å². The van der Waals surface area contributed by atoms with Crippen molar-refractivity contribution in [1.29, 1.82) is 0 Å². The van der Waals surface area contributed by atoms with Gasteiger partial charge in [-0.25, -0.2) is 12.7 Å². The first-order valence-corrected chi connectivity index (χ1v) is 10.4. The number of carbonyl (C=O) groups excluding carboxylic acids is 1. The van der Waals surface area contributed by atoms with Crippen molar-refractivity contribution in [2.75, 3.05) is 32.1 Å². The fourth-order valence-corrected chi connectivity index (χ4v) is 3.90. The van der Waals surface area contributed by atoms with E-state index in [-0.39, 0.29) is 30.9 Å². The highest BCUT2D eigenvalue weighted by Crippen LogP contribution is 2.21. The van der Waals surface area contributed by atoms with Gasteiger partial charge in [0.2, 0.25) is 10.0 Å². The Morgan fingerprint density at radius 3 is 2.42 bits per heavy atom. The van der Waals surface area contributed by atoms with E-state index in [1.54, 1.807) is 6.92 Å². The van der Waals surface area contributed by atoms with Gasteiger partial charge in [0.15, 0.2) is 0 Å². The first-order chi connectivity index (χ1) is 11.4. The second kappa shape index (κ2) is 8.82. The molecule has 1 aromatic carbocycles. The number of halogens is 1. The second-order valence-electron chi connectivity index (χ2n) is 5.54. The van der Waals surface area contributed by atoms with Crippen LogP contribution in [0, 0.1) is 5.92 Å². The van der Waals surface area contributed by atoms with E-state index >= 15 is 0 Å². The van der Waals surface area contributed by atoms with Gasteiger partial charge in [0.1, 0.15) is 19.0 Å². The molecular formula is C16H22BrNO5S. The lowest BCUT2D eigenvalue weighted by Crippen LogP contribution is -2.41. The molecule has 0 radical (unpaired) electrons. The van der Waals surface area contributed by atoms with Crippen molar-refractivity contribution in [3.63, 3.8) is 0 Å². The standard InChI is InChI=1S/C16H22BrNO5S/c1-2-24(20,21)18-9-7-13(8-10-18)16(19)23-12-11-22-15-5-3-14(17)4-6-15/h3-6,13H,2,7-12H2,1H3.